The van der Waals surface area contributed by atoms with Gasteiger partial charge < -0.3 is 10.1 Å². The van der Waals surface area contributed by atoms with Crippen LogP contribution in [0.4, 0.5) is 5.95 Å². The van der Waals surface area contributed by atoms with Crippen LogP contribution in [0, 0.1) is 0 Å². The number of nitrogens with zero attached hydrogens (tertiary/aromatic N) is 2. The Morgan fingerprint density at radius 3 is 3.06 bits per heavy atom. The number of ether oxygens (including phenoxy) is 1. The van der Waals surface area contributed by atoms with Gasteiger partial charge in [0, 0.05) is 18.2 Å². The Labute approximate surface area is 100 Å². The predicted octanol–water partition coefficient (Wildman–Crippen LogP) is 2.22. The largest absolute Gasteiger partial charge is 0.379 e. The standard InChI is InChI=1S/C13H15N3O/c1-13(6-7-17-9-13)16-12-14-8-10-4-2-3-5-11(10)15-12/h2-5,8H,6-7,9H2,1H3,(H,14,15,16). The third-order valence-corrected chi connectivity index (χ3v) is 3.12. The molecule has 1 atom stereocenters. The molecule has 1 saturated heterocycles. The number of fused-ring (bicyclic) bond motifs is 1. The van der Waals surface area contributed by atoms with Gasteiger partial charge in [0.15, 0.2) is 0 Å². The fraction of sp³-hybridized carbons (Fsp3) is 0.385. The van der Waals surface area contributed by atoms with Crippen LogP contribution in [-0.4, -0.2) is 28.7 Å². The molecule has 1 fully saturated rings. The van der Waals surface area contributed by atoms with Gasteiger partial charge in [0.25, 0.3) is 0 Å². The maximum atomic E-state index is 5.40. The van der Waals surface area contributed by atoms with Crippen molar-refractivity contribution in [1.82, 2.24) is 9.97 Å². The molecule has 1 aliphatic rings. The molecule has 0 saturated carbocycles. The molecule has 0 radical (unpaired) electrons. The van der Waals surface area contributed by atoms with E-state index in [0.29, 0.717) is 12.6 Å². The van der Waals surface area contributed by atoms with Crippen LogP contribution in [0.2, 0.25) is 0 Å². The van der Waals surface area contributed by atoms with Crippen LogP contribution < -0.4 is 5.32 Å². The second-order valence-electron chi connectivity index (χ2n) is 4.74. The van der Waals surface area contributed by atoms with Crippen molar-refractivity contribution in [2.45, 2.75) is 18.9 Å². The van der Waals surface area contributed by atoms with E-state index < -0.39 is 0 Å². The minimum Gasteiger partial charge on any atom is -0.379 e. The summed E-state index contributed by atoms with van der Waals surface area (Å²) in [5, 5.41) is 4.42. The van der Waals surface area contributed by atoms with Gasteiger partial charge in [0.2, 0.25) is 5.95 Å². The number of anilines is 1. The van der Waals surface area contributed by atoms with Crippen LogP contribution in [0.3, 0.4) is 0 Å². The molecule has 0 spiro atoms. The van der Waals surface area contributed by atoms with E-state index in [1.54, 1.807) is 0 Å². The second kappa shape index (κ2) is 3.96. The van der Waals surface area contributed by atoms with E-state index in [4.69, 9.17) is 4.74 Å². The summed E-state index contributed by atoms with van der Waals surface area (Å²) in [6, 6.07) is 7.99. The zero-order valence-corrected chi connectivity index (χ0v) is 9.81. The van der Waals surface area contributed by atoms with E-state index in [0.717, 1.165) is 23.9 Å². The minimum atomic E-state index is -0.0392. The fourth-order valence-electron chi connectivity index (χ4n) is 2.07. The summed E-state index contributed by atoms with van der Waals surface area (Å²) in [5.41, 5.74) is 0.926. The Balaban J connectivity index is 1.90. The number of rotatable bonds is 2. The molecule has 1 unspecified atom stereocenters. The number of para-hydroxylation sites is 1. The fourth-order valence-corrected chi connectivity index (χ4v) is 2.07. The molecule has 17 heavy (non-hydrogen) atoms. The molecule has 4 nitrogen and oxygen atoms in total. The molecular formula is C13H15N3O. The van der Waals surface area contributed by atoms with E-state index in [-0.39, 0.29) is 5.54 Å². The Morgan fingerprint density at radius 1 is 1.35 bits per heavy atom. The number of benzene rings is 1. The number of aromatic nitrogens is 2. The zero-order chi connectivity index (χ0) is 11.7. The minimum absolute atomic E-state index is 0.0392. The highest BCUT2D eigenvalue weighted by molar-refractivity contribution is 5.78. The van der Waals surface area contributed by atoms with Gasteiger partial charge in [0.05, 0.1) is 17.7 Å². The van der Waals surface area contributed by atoms with E-state index in [2.05, 4.69) is 22.2 Å². The van der Waals surface area contributed by atoms with E-state index >= 15 is 0 Å². The number of hydrogen-bond acceptors (Lipinski definition) is 4. The third-order valence-electron chi connectivity index (χ3n) is 3.12. The highest BCUT2D eigenvalue weighted by atomic mass is 16.5. The summed E-state index contributed by atoms with van der Waals surface area (Å²) in [6.45, 7) is 3.65. The van der Waals surface area contributed by atoms with Gasteiger partial charge in [-0.05, 0) is 19.4 Å². The summed E-state index contributed by atoms with van der Waals surface area (Å²) < 4.78 is 5.40. The van der Waals surface area contributed by atoms with Crippen LogP contribution in [0.25, 0.3) is 10.9 Å². The first-order valence-electron chi connectivity index (χ1n) is 5.83. The molecule has 1 aromatic heterocycles. The predicted molar refractivity (Wildman–Crippen MR) is 67.0 cm³/mol. The average Bonchev–Trinajstić information content (AvgIpc) is 2.76. The van der Waals surface area contributed by atoms with Crippen molar-refractivity contribution in [2.75, 3.05) is 18.5 Å². The van der Waals surface area contributed by atoms with Gasteiger partial charge in [-0.15, -0.1) is 0 Å². The van der Waals surface area contributed by atoms with Gasteiger partial charge in [0.1, 0.15) is 0 Å². The Morgan fingerprint density at radius 2 is 2.24 bits per heavy atom. The molecule has 0 bridgehead atoms. The van der Waals surface area contributed by atoms with E-state index in [9.17, 15) is 0 Å². The molecule has 1 aromatic carbocycles. The topological polar surface area (TPSA) is 47.0 Å². The lowest BCUT2D eigenvalue weighted by molar-refractivity contribution is 0.185. The first-order valence-corrected chi connectivity index (χ1v) is 5.83. The average molecular weight is 229 g/mol. The van der Waals surface area contributed by atoms with Crippen molar-refractivity contribution in [3.63, 3.8) is 0 Å². The maximum absolute atomic E-state index is 5.40. The number of nitrogens with one attached hydrogen (secondary N) is 1. The van der Waals surface area contributed by atoms with Gasteiger partial charge in [-0.2, -0.15) is 0 Å². The Bertz CT molecular complexity index is 535. The van der Waals surface area contributed by atoms with Crippen molar-refractivity contribution in [3.8, 4) is 0 Å². The SMILES string of the molecule is CC1(Nc2ncc3ccccc3n2)CCOC1. The van der Waals surface area contributed by atoms with Gasteiger partial charge >= 0.3 is 0 Å². The summed E-state index contributed by atoms with van der Waals surface area (Å²) >= 11 is 0. The number of hydrogen-bond donors (Lipinski definition) is 1. The van der Waals surface area contributed by atoms with Gasteiger partial charge in [-0.25, -0.2) is 9.97 Å². The first-order chi connectivity index (χ1) is 8.25. The van der Waals surface area contributed by atoms with Crippen molar-refractivity contribution >= 4 is 16.9 Å². The third kappa shape index (κ3) is 2.08. The molecule has 3 rings (SSSR count). The van der Waals surface area contributed by atoms with Gasteiger partial charge in [-0.1, -0.05) is 18.2 Å². The van der Waals surface area contributed by atoms with Crippen molar-refractivity contribution in [3.05, 3.63) is 30.5 Å². The van der Waals surface area contributed by atoms with Gasteiger partial charge in [-0.3, -0.25) is 0 Å². The lowest BCUT2D eigenvalue weighted by Crippen LogP contribution is -2.35. The Hall–Kier alpha value is -1.68. The van der Waals surface area contributed by atoms with Crippen LogP contribution >= 0.6 is 0 Å². The Kier molecular flexibility index (Phi) is 2.44. The maximum Gasteiger partial charge on any atom is 0.223 e. The first kappa shape index (κ1) is 10.5. The quantitative estimate of drug-likeness (QED) is 0.857. The molecule has 1 aliphatic heterocycles. The van der Waals surface area contributed by atoms with Crippen molar-refractivity contribution < 1.29 is 4.74 Å². The summed E-state index contributed by atoms with van der Waals surface area (Å²) in [4.78, 5) is 8.84. The summed E-state index contributed by atoms with van der Waals surface area (Å²) in [6.07, 6.45) is 2.84. The van der Waals surface area contributed by atoms with Crippen LogP contribution in [0.5, 0.6) is 0 Å². The monoisotopic (exact) mass is 229 g/mol. The zero-order valence-electron chi connectivity index (χ0n) is 9.81. The lowest BCUT2D eigenvalue weighted by Gasteiger charge is -2.23. The molecule has 2 heterocycles. The molecule has 0 amide bonds. The molecule has 1 N–H and O–H groups in total. The lowest BCUT2D eigenvalue weighted by atomic mass is 10.0. The summed E-state index contributed by atoms with van der Waals surface area (Å²) in [5.74, 6) is 0.678. The van der Waals surface area contributed by atoms with Crippen molar-refractivity contribution in [2.24, 2.45) is 0 Å². The molecule has 2 aromatic rings. The second-order valence-corrected chi connectivity index (χ2v) is 4.74. The highest BCUT2D eigenvalue weighted by Crippen LogP contribution is 2.22. The van der Waals surface area contributed by atoms with E-state index in [1.165, 1.54) is 0 Å². The molecule has 4 heteroatoms. The molecule has 0 aliphatic carbocycles. The normalized spacial score (nSPS) is 24.1. The summed E-state index contributed by atoms with van der Waals surface area (Å²) in [7, 11) is 0. The molecule has 88 valence electrons. The van der Waals surface area contributed by atoms with Crippen molar-refractivity contribution in [1.29, 1.82) is 0 Å². The van der Waals surface area contributed by atoms with Crippen LogP contribution in [-0.2, 0) is 4.74 Å². The molecular weight excluding hydrogens is 214 g/mol. The van der Waals surface area contributed by atoms with Crippen LogP contribution in [0.15, 0.2) is 30.5 Å². The van der Waals surface area contributed by atoms with E-state index in [1.807, 2.05) is 30.5 Å². The smallest absolute Gasteiger partial charge is 0.223 e. The highest BCUT2D eigenvalue weighted by Gasteiger charge is 2.30. The van der Waals surface area contributed by atoms with Crippen LogP contribution in [0.1, 0.15) is 13.3 Å².